The van der Waals surface area contributed by atoms with Gasteiger partial charge in [0.05, 0.1) is 18.9 Å². The predicted octanol–water partition coefficient (Wildman–Crippen LogP) is 1.86. The lowest BCUT2D eigenvalue weighted by atomic mass is 9.94. The molecule has 88 valence electrons. The number of para-hydroxylation sites is 1. The first-order valence-electron chi connectivity index (χ1n) is 5.19. The summed E-state index contributed by atoms with van der Waals surface area (Å²) in [6.07, 6.45) is -0.548. The van der Waals surface area contributed by atoms with E-state index in [1.54, 1.807) is 19.0 Å². The molecule has 1 unspecified atom stereocenters. The third-order valence-corrected chi connectivity index (χ3v) is 3.07. The van der Waals surface area contributed by atoms with Crippen LogP contribution in [0, 0.1) is 11.3 Å². The lowest BCUT2D eigenvalue weighted by molar-refractivity contribution is 0.0940. The molecule has 1 aromatic rings. The Kier molecular flexibility index (Phi) is 2.43. The Balaban J connectivity index is 2.61. The molecule has 0 N–H and O–H groups in total. The first-order chi connectivity index (χ1) is 8.06. The summed E-state index contributed by atoms with van der Waals surface area (Å²) < 4.78 is 4.73. The predicted molar refractivity (Wildman–Crippen MR) is 62.1 cm³/mol. The molecule has 1 aliphatic heterocycles. The standard InChI is InChI=1S/C12H13N3O2/c1-12(8-13)9-6-4-5-7-10(9)14(2)15(12)11(16)17-3/h4-7H,1-3H3. The monoisotopic (exact) mass is 231 g/mol. The molecule has 2 rings (SSSR count). The Labute approximate surface area is 99.8 Å². The second-order valence-corrected chi connectivity index (χ2v) is 4.01. The smallest absolute Gasteiger partial charge is 0.430 e. The van der Waals surface area contributed by atoms with Gasteiger partial charge in [0, 0.05) is 12.6 Å². The van der Waals surface area contributed by atoms with Crippen molar-refractivity contribution in [2.24, 2.45) is 0 Å². The molecule has 0 saturated carbocycles. The van der Waals surface area contributed by atoms with Crippen molar-refractivity contribution in [1.29, 1.82) is 5.26 Å². The largest absolute Gasteiger partial charge is 0.451 e. The Morgan fingerprint density at radius 3 is 2.71 bits per heavy atom. The minimum Gasteiger partial charge on any atom is -0.451 e. The van der Waals surface area contributed by atoms with Gasteiger partial charge in [0.2, 0.25) is 0 Å². The van der Waals surface area contributed by atoms with Crippen molar-refractivity contribution in [2.75, 3.05) is 19.2 Å². The fraction of sp³-hybridized carbons (Fsp3) is 0.333. The van der Waals surface area contributed by atoms with Crippen LogP contribution < -0.4 is 5.01 Å². The van der Waals surface area contributed by atoms with Gasteiger partial charge in [0.25, 0.3) is 0 Å². The van der Waals surface area contributed by atoms with Crippen LogP contribution in [0.3, 0.4) is 0 Å². The van der Waals surface area contributed by atoms with Crippen molar-refractivity contribution >= 4 is 11.8 Å². The highest BCUT2D eigenvalue weighted by atomic mass is 16.5. The third kappa shape index (κ3) is 1.34. The molecule has 1 atom stereocenters. The minimum absolute atomic E-state index is 0.548. The Bertz CT molecular complexity index is 509. The maximum absolute atomic E-state index is 11.8. The molecule has 0 bridgehead atoms. The van der Waals surface area contributed by atoms with Crippen LogP contribution in [0.5, 0.6) is 0 Å². The summed E-state index contributed by atoms with van der Waals surface area (Å²) in [4.78, 5) is 11.8. The zero-order valence-electron chi connectivity index (χ0n) is 9.97. The molecule has 0 spiro atoms. The van der Waals surface area contributed by atoms with E-state index in [1.165, 1.54) is 12.1 Å². The van der Waals surface area contributed by atoms with Crippen LogP contribution in [0.1, 0.15) is 12.5 Å². The van der Waals surface area contributed by atoms with Gasteiger partial charge in [-0.15, -0.1) is 0 Å². The highest BCUT2D eigenvalue weighted by molar-refractivity contribution is 5.77. The molecule has 5 nitrogen and oxygen atoms in total. The van der Waals surface area contributed by atoms with Gasteiger partial charge < -0.3 is 4.74 Å². The Hall–Kier alpha value is -2.22. The van der Waals surface area contributed by atoms with Crippen LogP contribution in [0.4, 0.5) is 10.5 Å². The Morgan fingerprint density at radius 2 is 2.12 bits per heavy atom. The number of methoxy groups -OCH3 is 1. The average Bonchev–Trinajstić information content (AvgIpc) is 2.59. The van der Waals surface area contributed by atoms with E-state index in [-0.39, 0.29) is 0 Å². The van der Waals surface area contributed by atoms with Gasteiger partial charge in [-0.3, -0.25) is 5.01 Å². The summed E-state index contributed by atoms with van der Waals surface area (Å²) in [5.41, 5.74) is 0.607. The zero-order chi connectivity index (χ0) is 12.6. The molecule has 1 aliphatic rings. The summed E-state index contributed by atoms with van der Waals surface area (Å²) >= 11 is 0. The first-order valence-corrected chi connectivity index (χ1v) is 5.19. The average molecular weight is 231 g/mol. The number of fused-ring (bicyclic) bond motifs is 1. The summed E-state index contributed by atoms with van der Waals surface area (Å²) in [6, 6.07) is 9.61. The second-order valence-electron chi connectivity index (χ2n) is 4.01. The number of carbonyl (C=O) groups is 1. The second kappa shape index (κ2) is 3.67. The summed E-state index contributed by atoms with van der Waals surface area (Å²) in [5, 5.41) is 12.3. The normalized spacial score (nSPS) is 22.0. The zero-order valence-corrected chi connectivity index (χ0v) is 9.97. The van der Waals surface area contributed by atoms with Gasteiger partial charge in [0.1, 0.15) is 0 Å². The Morgan fingerprint density at radius 1 is 1.47 bits per heavy atom. The lowest BCUT2D eigenvalue weighted by Crippen LogP contribution is -2.50. The maximum Gasteiger partial charge on any atom is 0.430 e. The molecule has 17 heavy (non-hydrogen) atoms. The molecule has 0 aliphatic carbocycles. The molecule has 1 aromatic carbocycles. The molecule has 0 fully saturated rings. The van der Waals surface area contributed by atoms with Gasteiger partial charge in [-0.1, -0.05) is 18.2 Å². The van der Waals surface area contributed by atoms with Crippen LogP contribution in [-0.2, 0) is 10.3 Å². The van der Waals surface area contributed by atoms with Crippen LogP contribution in [0.2, 0.25) is 0 Å². The van der Waals surface area contributed by atoms with Gasteiger partial charge in [-0.05, 0) is 13.0 Å². The molecule has 5 heteroatoms. The molecule has 0 radical (unpaired) electrons. The number of benzene rings is 1. The number of nitriles is 1. The summed E-state index contributed by atoms with van der Waals surface area (Å²) in [5.74, 6) is 0. The van der Waals surface area contributed by atoms with Crippen LogP contribution in [0.25, 0.3) is 0 Å². The number of hydrogen-bond donors (Lipinski definition) is 0. The maximum atomic E-state index is 11.8. The van der Waals surface area contributed by atoms with Gasteiger partial charge in [-0.2, -0.15) is 10.3 Å². The fourth-order valence-electron chi connectivity index (χ4n) is 2.19. The minimum atomic E-state index is -1.03. The van der Waals surface area contributed by atoms with Crippen molar-refractivity contribution in [3.8, 4) is 6.07 Å². The quantitative estimate of drug-likeness (QED) is 0.683. The van der Waals surface area contributed by atoms with Crippen LogP contribution in [0.15, 0.2) is 24.3 Å². The summed E-state index contributed by atoms with van der Waals surface area (Å²) in [7, 11) is 3.04. The van der Waals surface area contributed by atoms with Crippen LogP contribution >= 0.6 is 0 Å². The number of rotatable bonds is 0. The van der Waals surface area contributed by atoms with Gasteiger partial charge in [0.15, 0.2) is 5.54 Å². The molecule has 1 amide bonds. The number of amides is 1. The number of hydrazine groups is 1. The van der Waals surface area contributed by atoms with E-state index in [2.05, 4.69) is 6.07 Å². The lowest BCUT2D eigenvalue weighted by Gasteiger charge is -2.32. The van der Waals surface area contributed by atoms with E-state index < -0.39 is 11.6 Å². The van der Waals surface area contributed by atoms with E-state index in [1.807, 2.05) is 24.3 Å². The summed E-state index contributed by atoms with van der Waals surface area (Å²) in [6.45, 7) is 1.70. The number of anilines is 1. The number of hydrogen-bond acceptors (Lipinski definition) is 4. The third-order valence-electron chi connectivity index (χ3n) is 3.07. The first kappa shape index (κ1) is 11.3. The number of ether oxygens (including phenoxy) is 1. The molecule has 0 aromatic heterocycles. The van der Waals surface area contributed by atoms with E-state index in [0.717, 1.165) is 11.3 Å². The highest BCUT2D eigenvalue weighted by Gasteiger charge is 2.48. The van der Waals surface area contributed by atoms with Gasteiger partial charge >= 0.3 is 6.09 Å². The van der Waals surface area contributed by atoms with E-state index in [0.29, 0.717) is 0 Å². The SMILES string of the molecule is COC(=O)N1N(C)c2ccccc2C1(C)C#N. The van der Waals surface area contributed by atoms with Crippen molar-refractivity contribution in [1.82, 2.24) is 5.01 Å². The molecular weight excluding hydrogens is 218 g/mol. The highest BCUT2D eigenvalue weighted by Crippen LogP contribution is 2.43. The molecule has 0 saturated heterocycles. The van der Waals surface area contributed by atoms with E-state index in [4.69, 9.17) is 4.74 Å². The fourth-order valence-corrected chi connectivity index (χ4v) is 2.19. The van der Waals surface area contributed by atoms with Crippen molar-refractivity contribution in [3.05, 3.63) is 29.8 Å². The number of nitrogens with zero attached hydrogens (tertiary/aromatic N) is 3. The molecule has 1 heterocycles. The van der Waals surface area contributed by atoms with Crippen LogP contribution in [-0.4, -0.2) is 25.3 Å². The molecular formula is C12H13N3O2. The van der Waals surface area contributed by atoms with Gasteiger partial charge in [-0.25, -0.2) is 4.79 Å². The number of carbonyl (C=O) groups excluding carboxylic acids is 1. The topological polar surface area (TPSA) is 56.6 Å². The van der Waals surface area contributed by atoms with Crippen molar-refractivity contribution < 1.29 is 9.53 Å². The van der Waals surface area contributed by atoms with Crippen molar-refractivity contribution in [3.63, 3.8) is 0 Å². The van der Waals surface area contributed by atoms with E-state index in [9.17, 15) is 10.1 Å². The van der Waals surface area contributed by atoms with Crippen molar-refractivity contribution in [2.45, 2.75) is 12.5 Å². The van der Waals surface area contributed by atoms with E-state index >= 15 is 0 Å².